The molecule has 2 aromatic heterocycles. The Morgan fingerprint density at radius 3 is 2.67 bits per heavy atom. The van der Waals surface area contributed by atoms with Gasteiger partial charge in [-0.2, -0.15) is 18.3 Å². The lowest BCUT2D eigenvalue weighted by Gasteiger charge is -2.19. The number of benzene rings is 1. The predicted octanol–water partition coefficient (Wildman–Crippen LogP) is 2.32. The molecule has 3 rings (SSSR count). The van der Waals surface area contributed by atoms with Crippen molar-refractivity contribution in [2.75, 3.05) is 0 Å². The molecule has 0 aliphatic rings. The molecule has 0 saturated carbocycles. The number of aromatic nitrogens is 4. The van der Waals surface area contributed by atoms with Gasteiger partial charge in [-0.05, 0) is 26.0 Å². The molecular weight excluding hydrogens is 363 g/mol. The fraction of sp³-hybridized carbons (Fsp3) is 0.294. The largest absolute Gasteiger partial charge is 0.438 e. The second-order valence-electron chi connectivity index (χ2n) is 6.04. The van der Waals surface area contributed by atoms with Gasteiger partial charge in [-0.1, -0.05) is 12.1 Å². The summed E-state index contributed by atoms with van der Waals surface area (Å²) in [6, 6.07) is 4.72. The highest BCUT2D eigenvalue weighted by Crippen LogP contribution is 2.27. The van der Waals surface area contributed by atoms with E-state index in [4.69, 9.17) is 0 Å². The predicted molar refractivity (Wildman–Crippen MR) is 90.9 cm³/mol. The molecule has 0 fully saturated rings. The topological polar surface area (TPSA) is 92.7 Å². The molecule has 10 heteroatoms. The zero-order valence-corrected chi connectivity index (χ0v) is 14.5. The Morgan fingerprint density at radius 1 is 1.33 bits per heavy atom. The van der Waals surface area contributed by atoms with Crippen LogP contribution in [0.3, 0.4) is 0 Å². The number of alkyl halides is 3. The number of hydrogen-bond acceptors (Lipinski definition) is 4. The van der Waals surface area contributed by atoms with Gasteiger partial charge in [-0.15, -0.1) is 0 Å². The van der Waals surface area contributed by atoms with E-state index in [0.29, 0.717) is 0 Å². The van der Waals surface area contributed by atoms with Crippen LogP contribution in [-0.2, 0) is 17.5 Å². The summed E-state index contributed by atoms with van der Waals surface area (Å²) in [6.45, 7) is 3.27. The van der Waals surface area contributed by atoms with Crippen molar-refractivity contribution in [1.82, 2.24) is 25.1 Å². The summed E-state index contributed by atoms with van der Waals surface area (Å²) in [5.74, 6) is -0.595. The third-order valence-electron chi connectivity index (χ3n) is 4.22. The lowest BCUT2D eigenvalue weighted by molar-refractivity contribution is -0.142. The molecule has 2 N–H and O–H groups in total. The van der Waals surface area contributed by atoms with Gasteiger partial charge in [-0.3, -0.25) is 19.3 Å². The van der Waals surface area contributed by atoms with Gasteiger partial charge in [0, 0.05) is 17.8 Å². The lowest BCUT2D eigenvalue weighted by atomic mass is 10.2. The number of fused-ring (bicyclic) bond motifs is 1. The van der Waals surface area contributed by atoms with E-state index in [1.54, 1.807) is 13.0 Å². The van der Waals surface area contributed by atoms with E-state index >= 15 is 0 Å². The van der Waals surface area contributed by atoms with Gasteiger partial charge in [0.25, 0.3) is 5.56 Å². The van der Waals surface area contributed by atoms with Crippen LogP contribution in [0.1, 0.15) is 29.9 Å². The molecule has 27 heavy (non-hydrogen) atoms. The maximum atomic E-state index is 13.2. The third kappa shape index (κ3) is 3.55. The van der Waals surface area contributed by atoms with Crippen LogP contribution in [0, 0.1) is 6.92 Å². The summed E-state index contributed by atoms with van der Waals surface area (Å²) in [5.41, 5.74) is -1.28. The minimum Gasteiger partial charge on any atom is -0.350 e. The fourth-order valence-electron chi connectivity index (χ4n) is 2.72. The number of para-hydroxylation sites is 2. The summed E-state index contributed by atoms with van der Waals surface area (Å²) in [7, 11) is 0. The Labute approximate surface area is 151 Å². The summed E-state index contributed by atoms with van der Waals surface area (Å²) in [5, 5.41) is 9.17. The molecule has 7 nitrogen and oxygen atoms in total. The Hall–Kier alpha value is -3.17. The average Bonchev–Trinajstić information content (AvgIpc) is 3.02. The van der Waals surface area contributed by atoms with Crippen LogP contribution in [0.5, 0.6) is 0 Å². The van der Waals surface area contributed by atoms with Crippen LogP contribution < -0.4 is 10.9 Å². The standard InChI is InChI=1S/C17H16F3N5O2/c1-9-11(8-22-24-9)7-21-15(26)10(2)25-13-6-4-3-5-12(13)23-14(16(25)27)17(18,19)20/h3-6,8,10H,7H2,1-2H3,(H,21,26)(H,22,24)/t10-/m1/s1. The molecule has 0 saturated heterocycles. The van der Waals surface area contributed by atoms with E-state index < -0.39 is 29.4 Å². The van der Waals surface area contributed by atoms with Gasteiger partial charge in [0.1, 0.15) is 6.04 Å². The molecule has 0 bridgehead atoms. The molecule has 2 heterocycles. The van der Waals surface area contributed by atoms with E-state index in [9.17, 15) is 22.8 Å². The number of halogens is 3. The molecule has 0 spiro atoms. The van der Waals surface area contributed by atoms with E-state index in [0.717, 1.165) is 15.8 Å². The number of amides is 1. The summed E-state index contributed by atoms with van der Waals surface area (Å²) >= 11 is 0. The molecule has 0 unspecified atom stereocenters. The van der Waals surface area contributed by atoms with Gasteiger partial charge in [0.2, 0.25) is 11.6 Å². The highest BCUT2D eigenvalue weighted by molar-refractivity contribution is 5.83. The molecule has 0 aliphatic carbocycles. The van der Waals surface area contributed by atoms with Crippen molar-refractivity contribution >= 4 is 16.9 Å². The van der Waals surface area contributed by atoms with Crippen LogP contribution in [0.25, 0.3) is 11.0 Å². The van der Waals surface area contributed by atoms with Gasteiger partial charge in [-0.25, -0.2) is 4.98 Å². The zero-order valence-electron chi connectivity index (χ0n) is 14.5. The number of H-pyrrole nitrogens is 1. The molecule has 142 valence electrons. The summed E-state index contributed by atoms with van der Waals surface area (Å²) in [4.78, 5) is 28.4. The van der Waals surface area contributed by atoms with Gasteiger partial charge in [0.15, 0.2) is 0 Å². The molecule has 1 atom stereocenters. The Kier molecular flexibility index (Phi) is 4.73. The fourth-order valence-corrected chi connectivity index (χ4v) is 2.72. The third-order valence-corrected chi connectivity index (χ3v) is 4.22. The van der Waals surface area contributed by atoms with E-state index in [2.05, 4.69) is 20.5 Å². The van der Waals surface area contributed by atoms with E-state index in [-0.39, 0.29) is 17.6 Å². The second-order valence-corrected chi connectivity index (χ2v) is 6.04. The van der Waals surface area contributed by atoms with Crippen molar-refractivity contribution in [3.8, 4) is 0 Å². The number of carbonyl (C=O) groups is 1. The number of rotatable bonds is 4. The first-order chi connectivity index (χ1) is 12.7. The van der Waals surface area contributed by atoms with Gasteiger partial charge < -0.3 is 5.32 Å². The van der Waals surface area contributed by atoms with Gasteiger partial charge in [0.05, 0.1) is 17.2 Å². The first-order valence-electron chi connectivity index (χ1n) is 8.05. The van der Waals surface area contributed by atoms with E-state index in [1.165, 1.54) is 31.3 Å². The maximum Gasteiger partial charge on any atom is 0.438 e. The number of aromatic amines is 1. The Morgan fingerprint density at radius 2 is 2.04 bits per heavy atom. The quantitative estimate of drug-likeness (QED) is 0.728. The first kappa shape index (κ1) is 18.6. The van der Waals surface area contributed by atoms with Crippen LogP contribution in [0.15, 0.2) is 35.3 Å². The SMILES string of the molecule is Cc1[nH]ncc1CNC(=O)[C@@H](C)n1c(=O)c(C(F)(F)F)nc2ccccc21. The highest BCUT2D eigenvalue weighted by atomic mass is 19.4. The summed E-state index contributed by atoms with van der Waals surface area (Å²) < 4.78 is 40.5. The number of hydrogen-bond donors (Lipinski definition) is 2. The number of nitrogens with one attached hydrogen (secondary N) is 2. The maximum absolute atomic E-state index is 13.2. The van der Waals surface area contributed by atoms with Crippen molar-refractivity contribution in [3.05, 3.63) is 57.8 Å². The van der Waals surface area contributed by atoms with E-state index in [1.807, 2.05) is 0 Å². The summed E-state index contributed by atoms with van der Waals surface area (Å²) in [6.07, 6.45) is -3.39. The molecule has 0 radical (unpaired) electrons. The molecular formula is C17H16F3N5O2. The number of aryl methyl sites for hydroxylation is 1. The average molecular weight is 379 g/mol. The van der Waals surface area contributed by atoms with Crippen molar-refractivity contribution in [3.63, 3.8) is 0 Å². The Bertz CT molecular complexity index is 1050. The smallest absolute Gasteiger partial charge is 0.350 e. The molecule has 0 aliphatic heterocycles. The molecule has 1 amide bonds. The second kappa shape index (κ2) is 6.86. The van der Waals surface area contributed by atoms with Crippen molar-refractivity contribution < 1.29 is 18.0 Å². The van der Waals surface area contributed by atoms with Crippen LogP contribution in [-0.4, -0.2) is 25.7 Å². The monoisotopic (exact) mass is 379 g/mol. The van der Waals surface area contributed by atoms with Crippen LogP contribution >= 0.6 is 0 Å². The highest BCUT2D eigenvalue weighted by Gasteiger charge is 2.38. The minimum atomic E-state index is -4.92. The lowest BCUT2D eigenvalue weighted by Crippen LogP contribution is -2.38. The number of nitrogens with zero attached hydrogens (tertiary/aromatic N) is 3. The van der Waals surface area contributed by atoms with Crippen LogP contribution in [0.4, 0.5) is 13.2 Å². The van der Waals surface area contributed by atoms with Crippen molar-refractivity contribution in [2.24, 2.45) is 0 Å². The minimum absolute atomic E-state index is 0.0187. The Balaban J connectivity index is 2.01. The van der Waals surface area contributed by atoms with Gasteiger partial charge >= 0.3 is 6.18 Å². The molecule has 1 aromatic carbocycles. The van der Waals surface area contributed by atoms with Crippen LogP contribution in [0.2, 0.25) is 0 Å². The molecule has 3 aromatic rings. The first-order valence-corrected chi connectivity index (χ1v) is 8.05. The number of carbonyl (C=O) groups excluding carboxylic acids is 1. The van der Waals surface area contributed by atoms with Crippen molar-refractivity contribution in [2.45, 2.75) is 32.6 Å². The normalized spacial score (nSPS) is 12.9. The zero-order chi connectivity index (χ0) is 19.8. The van der Waals surface area contributed by atoms with Crippen molar-refractivity contribution in [1.29, 1.82) is 0 Å².